The molecule has 2 unspecified atom stereocenters. The van der Waals surface area contributed by atoms with Crippen LogP contribution in [-0.2, 0) is 0 Å². The molecule has 1 saturated carbocycles. The summed E-state index contributed by atoms with van der Waals surface area (Å²) in [7, 11) is 0. The normalized spacial score (nSPS) is 30.0. The quantitative estimate of drug-likeness (QED) is 0.524. The second kappa shape index (κ2) is 6.42. The first-order valence-electron chi connectivity index (χ1n) is 6.10. The Kier molecular flexibility index (Phi) is 5.45. The van der Waals surface area contributed by atoms with E-state index in [9.17, 15) is 0 Å². The Morgan fingerprint density at radius 1 is 1.08 bits per heavy atom. The summed E-state index contributed by atoms with van der Waals surface area (Å²) in [4.78, 5) is 0. The lowest BCUT2D eigenvalue weighted by Crippen LogP contribution is -2.28. The summed E-state index contributed by atoms with van der Waals surface area (Å²) in [6.07, 6.45) is 12.4. The minimum atomic E-state index is 0.513. The van der Waals surface area contributed by atoms with E-state index in [1.165, 1.54) is 57.8 Å². The van der Waals surface area contributed by atoms with E-state index in [1.807, 2.05) is 0 Å². The zero-order chi connectivity index (χ0) is 9.52. The van der Waals surface area contributed by atoms with Crippen LogP contribution in [0.3, 0.4) is 0 Å². The second-order valence-electron chi connectivity index (χ2n) is 4.56. The minimum absolute atomic E-state index is 0.513. The Balaban J connectivity index is 2.19. The largest absolute Gasteiger partial charge is 0.327 e. The van der Waals surface area contributed by atoms with Crippen LogP contribution in [0.1, 0.15) is 64.7 Å². The third-order valence-corrected chi connectivity index (χ3v) is 3.40. The van der Waals surface area contributed by atoms with E-state index in [4.69, 9.17) is 5.73 Å². The van der Waals surface area contributed by atoms with Crippen molar-refractivity contribution in [3.05, 3.63) is 0 Å². The van der Waals surface area contributed by atoms with Gasteiger partial charge in [0.1, 0.15) is 0 Å². The summed E-state index contributed by atoms with van der Waals surface area (Å²) in [5.74, 6) is 0.842. The average Bonchev–Trinajstić information content (AvgIpc) is 2.32. The van der Waals surface area contributed by atoms with Crippen LogP contribution in [0.25, 0.3) is 0 Å². The fourth-order valence-corrected chi connectivity index (χ4v) is 2.43. The Morgan fingerprint density at radius 3 is 2.62 bits per heavy atom. The summed E-state index contributed by atoms with van der Waals surface area (Å²) in [5, 5.41) is 0. The molecule has 2 atom stereocenters. The van der Waals surface area contributed by atoms with Crippen molar-refractivity contribution in [2.24, 2.45) is 11.7 Å². The Bertz CT molecular complexity index is 122. The van der Waals surface area contributed by atoms with Crippen molar-refractivity contribution < 1.29 is 0 Å². The van der Waals surface area contributed by atoms with Crippen molar-refractivity contribution in [3.8, 4) is 0 Å². The van der Waals surface area contributed by atoms with E-state index >= 15 is 0 Å². The van der Waals surface area contributed by atoms with E-state index in [0.717, 1.165) is 5.92 Å². The van der Waals surface area contributed by atoms with Crippen LogP contribution in [0.5, 0.6) is 0 Å². The van der Waals surface area contributed by atoms with E-state index in [2.05, 4.69) is 6.92 Å². The van der Waals surface area contributed by atoms with Crippen molar-refractivity contribution in [3.63, 3.8) is 0 Å². The van der Waals surface area contributed by atoms with E-state index in [1.54, 1.807) is 0 Å². The Hall–Kier alpha value is -0.0400. The molecule has 0 radical (unpaired) electrons. The minimum Gasteiger partial charge on any atom is -0.327 e. The lowest BCUT2D eigenvalue weighted by Gasteiger charge is -2.20. The zero-order valence-corrected chi connectivity index (χ0v) is 9.10. The van der Waals surface area contributed by atoms with Gasteiger partial charge < -0.3 is 5.73 Å². The number of rotatable bonds is 4. The molecule has 1 aliphatic rings. The fraction of sp³-hybridized carbons (Fsp3) is 1.00. The topological polar surface area (TPSA) is 26.0 Å². The summed E-state index contributed by atoms with van der Waals surface area (Å²) >= 11 is 0. The van der Waals surface area contributed by atoms with Crippen LogP contribution in [0.15, 0.2) is 0 Å². The molecule has 13 heavy (non-hydrogen) atoms. The van der Waals surface area contributed by atoms with E-state index in [-0.39, 0.29) is 0 Å². The van der Waals surface area contributed by atoms with Crippen molar-refractivity contribution >= 4 is 0 Å². The van der Waals surface area contributed by atoms with Crippen molar-refractivity contribution in [2.75, 3.05) is 0 Å². The van der Waals surface area contributed by atoms with Gasteiger partial charge in [-0.15, -0.1) is 0 Å². The van der Waals surface area contributed by atoms with Crippen LogP contribution in [-0.4, -0.2) is 6.04 Å². The molecule has 2 N–H and O–H groups in total. The van der Waals surface area contributed by atoms with Crippen molar-refractivity contribution in [2.45, 2.75) is 70.8 Å². The fourth-order valence-electron chi connectivity index (χ4n) is 2.43. The van der Waals surface area contributed by atoms with Crippen LogP contribution < -0.4 is 5.73 Å². The zero-order valence-electron chi connectivity index (χ0n) is 9.10. The molecule has 0 spiro atoms. The van der Waals surface area contributed by atoms with E-state index < -0.39 is 0 Å². The Labute approximate surface area is 83.1 Å². The summed E-state index contributed by atoms with van der Waals surface area (Å²) in [6, 6.07) is 0.513. The van der Waals surface area contributed by atoms with Gasteiger partial charge in [-0.25, -0.2) is 0 Å². The van der Waals surface area contributed by atoms with Gasteiger partial charge in [-0.1, -0.05) is 45.4 Å². The standard InChI is InChI=1S/C12H25N/c1-2-3-5-8-11-9-6-4-7-10-12(11)13/h11-12H,2-10,13H2,1H3. The maximum Gasteiger partial charge on any atom is 0.00671 e. The molecule has 1 aliphatic carbocycles. The van der Waals surface area contributed by atoms with Gasteiger partial charge in [0.15, 0.2) is 0 Å². The predicted molar refractivity (Wildman–Crippen MR) is 58.7 cm³/mol. The summed E-state index contributed by atoms with van der Waals surface area (Å²) < 4.78 is 0. The van der Waals surface area contributed by atoms with Gasteiger partial charge in [-0.3, -0.25) is 0 Å². The first kappa shape index (κ1) is 11.0. The highest BCUT2D eigenvalue weighted by Gasteiger charge is 2.19. The molecule has 0 aromatic heterocycles. The molecule has 0 aliphatic heterocycles. The second-order valence-corrected chi connectivity index (χ2v) is 4.56. The molecule has 0 aromatic carbocycles. The molecule has 1 nitrogen and oxygen atoms in total. The van der Waals surface area contributed by atoms with Gasteiger partial charge in [0.2, 0.25) is 0 Å². The smallest absolute Gasteiger partial charge is 0.00671 e. The van der Waals surface area contributed by atoms with Crippen LogP contribution in [0.4, 0.5) is 0 Å². The molecule has 0 bridgehead atoms. The first-order chi connectivity index (χ1) is 6.34. The van der Waals surface area contributed by atoms with Crippen molar-refractivity contribution in [1.29, 1.82) is 0 Å². The van der Waals surface area contributed by atoms with Gasteiger partial charge in [-0.05, 0) is 25.2 Å². The highest BCUT2D eigenvalue weighted by atomic mass is 14.6. The van der Waals surface area contributed by atoms with Crippen LogP contribution in [0, 0.1) is 5.92 Å². The number of hydrogen-bond donors (Lipinski definition) is 1. The van der Waals surface area contributed by atoms with Crippen LogP contribution in [0.2, 0.25) is 0 Å². The molecule has 0 aromatic rings. The predicted octanol–water partition coefficient (Wildman–Crippen LogP) is 3.47. The average molecular weight is 183 g/mol. The molecule has 1 rings (SSSR count). The lowest BCUT2D eigenvalue weighted by molar-refractivity contribution is 0.359. The maximum absolute atomic E-state index is 6.16. The van der Waals surface area contributed by atoms with Gasteiger partial charge >= 0.3 is 0 Å². The highest BCUT2D eigenvalue weighted by molar-refractivity contribution is 4.76. The third kappa shape index (κ3) is 4.12. The number of nitrogens with two attached hydrogens (primary N) is 1. The number of unbranched alkanes of at least 4 members (excludes halogenated alkanes) is 2. The first-order valence-corrected chi connectivity index (χ1v) is 6.10. The molecule has 1 heteroatoms. The molecular formula is C12H25N. The SMILES string of the molecule is CCCCCC1CCCCCC1N. The van der Waals surface area contributed by atoms with Gasteiger partial charge in [0, 0.05) is 6.04 Å². The van der Waals surface area contributed by atoms with Gasteiger partial charge in [-0.2, -0.15) is 0 Å². The highest BCUT2D eigenvalue weighted by Crippen LogP contribution is 2.26. The molecule has 1 fully saturated rings. The van der Waals surface area contributed by atoms with Gasteiger partial charge in [0.05, 0.1) is 0 Å². The third-order valence-electron chi connectivity index (χ3n) is 3.40. The summed E-state index contributed by atoms with van der Waals surface area (Å²) in [5.41, 5.74) is 6.16. The van der Waals surface area contributed by atoms with E-state index in [0.29, 0.717) is 6.04 Å². The monoisotopic (exact) mass is 183 g/mol. The molecule has 78 valence electrons. The van der Waals surface area contributed by atoms with Crippen LogP contribution >= 0.6 is 0 Å². The number of hydrogen-bond acceptors (Lipinski definition) is 1. The lowest BCUT2D eigenvalue weighted by atomic mass is 9.90. The molecule has 0 amide bonds. The summed E-state index contributed by atoms with van der Waals surface area (Å²) in [6.45, 7) is 2.27. The van der Waals surface area contributed by atoms with Crippen molar-refractivity contribution in [1.82, 2.24) is 0 Å². The molecular weight excluding hydrogens is 158 g/mol. The molecule has 0 saturated heterocycles. The van der Waals surface area contributed by atoms with Gasteiger partial charge in [0.25, 0.3) is 0 Å². The molecule has 0 heterocycles. The maximum atomic E-state index is 6.16. The Morgan fingerprint density at radius 2 is 1.85 bits per heavy atom.